The van der Waals surface area contributed by atoms with Gasteiger partial charge in [0.1, 0.15) is 12.1 Å². The quantitative estimate of drug-likeness (QED) is 0.349. The fourth-order valence-corrected chi connectivity index (χ4v) is 7.62. The maximum atomic E-state index is 13.1. The Hall–Kier alpha value is -2.81. The van der Waals surface area contributed by atoms with Crippen LogP contribution in [0.5, 0.6) is 11.5 Å². The number of aliphatic hydroxyl groups excluding tert-OH is 1. The molecular formula is C29H40N2O7. The van der Waals surface area contributed by atoms with Crippen molar-refractivity contribution in [2.75, 3.05) is 26.2 Å². The van der Waals surface area contributed by atoms with Gasteiger partial charge in [-0.25, -0.2) is 4.79 Å². The average Bonchev–Trinajstić information content (AvgIpc) is 3.25. The molecule has 5 atom stereocenters. The van der Waals surface area contributed by atoms with E-state index in [-0.39, 0.29) is 42.9 Å². The molecule has 4 fully saturated rings. The summed E-state index contributed by atoms with van der Waals surface area (Å²) in [6.07, 6.45) is 3.32. The van der Waals surface area contributed by atoms with Crippen molar-refractivity contribution in [2.45, 2.75) is 71.4 Å². The third-order valence-corrected chi connectivity index (χ3v) is 10.2. The zero-order valence-electron chi connectivity index (χ0n) is 22.6. The van der Waals surface area contributed by atoms with E-state index in [0.29, 0.717) is 47.8 Å². The Morgan fingerprint density at radius 1 is 1.11 bits per heavy atom. The molecule has 2 heterocycles. The molecule has 208 valence electrons. The molecule has 0 bridgehead atoms. The number of carbonyl (C=O) groups excluding carboxylic acids is 3. The van der Waals surface area contributed by atoms with Gasteiger partial charge in [-0.2, -0.15) is 0 Å². The monoisotopic (exact) mass is 528 g/mol. The van der Waals surface area contributed by atoms with E-state index in [4.69, 9.17) is 4.74 Å². The van der Waals surface area contributed by atoms with Crippen LogP contribution in [0.1, 0.15) is 58.4 Å². The molecule has 0 aromatic heterocycles. The molecule has 9 nitrogen and oxygen atoms in total. The number of amides is 2. The van der Waals surface area contributed by atoms with Crippen LogP contribution in [0.15, 0.2) is 18.2 Å². The molecule has 5 unspecified atom stereocenters. The lowest BCUT2D eigenvalue weighted by Gasteiger charge is -2.41. The lowest BCUT2D eigenvalue weighted by molar-refractivity contribution is -0.160. The Morgan fingerprint density at radius 3 is 2.50 bits per heavy atom. The Balaban J connectivity index is 1.06. The fourth-order valence-electron chi connectivity index (χ4n) is 7.62. The number of likely N-dealkylation sites (tertiary alicyclic amines) is 2. The van der Waals surface area contributed by atoms with Crippen molar-refractivity contribution in [3.8, 4) is 11.5 Å². The van der Waals surface area contributed by atoms with Gasteiger partial charge in [-0.05, 0) is 72.5 Å². The average molecular weight is 529 g/mol. The number of rotatable bonds is 8. The van der Waals surface area contributed by atoms with Gasteiger partial charge in [-0.1, -0.05) is 26.8 Å². The van der Waals surface area contributed by atoms with Crippen LogP contribution in [-0.4, -0.2) is 81.3 Å². The number of aliphatic hydroxyl groups is 1. The van der Waals surface area contributed by atoms with Gasteiger partial charge in [0.15, 0.2) is 11.5 Å². The summed E-state index contributed by atoms with van der Waals surface area (Å²) in [5.74, 6) is -0.641. The van der Waals surface area contributed by atoms with Gasteiger partial charge in [0.2, 0.25) is 5.91 Å². The van der Waals surface area contributed by atoms with Crippen molar-refractivity contribution in [3.63, 3.8) is 0 Å². The van der Waals surface area contributed by atoms with E-state index < -0.39 is 24.0 Å². The minimum Gasteiger partial charge on any atom is -0.504 e. The van der Waals surface area contributed by atoms with Gasteiger partial charge in [-0.3, -0.25) is 9.59 Å². The molecule has 38 heavy (non-hydrogen) atoms. The van der Waals surface area contributed by atoms with E-state index in [2.05, 4.69) is 20.8 Å². The Labute approximate surface area is 223 Å². The van der Waals surface area contributed by atoms with Gasteiger partial charge in [0, 0.05) is 26.1 Å². The third-order valence-electron chi connectivity index (χ3n) is 10.2. The molecule has 1 aromatic rings. The van der Waals surface area contributed by atoms with Gasteiger partial charge in [-0.15, -0.1) is 0 Å². The smallest absolute Gasteiger partial charge is 0.328 e. The van der Waals surface area contributed by atoms with Crippen molar-refractivity contribution >= 4 is 17.8 Å². The van der Waals surface area contributed by atoms with Crippen molar-refractivity contribution in [1.82, 2.24) is 9.80 Å². The molecule has 2 aliphatic heterocycles. The minimum absolute atomic E-state index is 0.0137. The van der Waals surface area contributed by atoms with E-state index in [9.17, 15) is 29.7 Å². The van der Waals surface area contributed by atoms with Gasteiger partial charge in [0.05, 0.1) is 12.5 Å². The number of hydrogen-bond donors (Lipinski definition) is 3. The van der Waals surface area contributed by atoms with E-state index >= 15 is 0 Å². The first kappa shape index (κ1) is 26.8. The number of benzene rings is 1. The lowest BCUT2D eigenvalue weighted by Crippen LogP contribution is -2.59. The Morgan fingerprint density at radius 2 is 1.84 bits per heavy atom. The third kappa shape index (κ3) is 4.52. The highest BCUT2D eigenvalue weighted by atomic mass is 16.5. The molecule has 3 N–H and O–H groups in total. The van der Waals surface area contributed by atoms with Crippen molar-refractivity contribution in [2.24, 2.45) is 28.6 Å². The van der Waals surface area contributed by atoms with Crippen LogP contribution < -0.4 is 0 Å². The summed E-state index contributed by atoms with van der Waals surface area (Å²) in [6, 6.07) is 3.57. The first-order chi connectivity index (χ1) is 17.9. The Bertz CT molecular complexity index is 1110. The number of hydrogen-bond acceptors (Lipinski definition) is 7. The largest absolute Gasteiger partial charge is 0.504 e. The van der Waals surface area contributed by atoms with Crippen LogP contribution in [0, 0.1) is 28.6 Å². The summed E-state index contributed by atoms with van der Waals surface area (Å²) in [6.45, 7) is 8.37. The van der Waals surface area contributed by atoms with E-state index in [1.165, 1.54) is 35.9 Å². The van der Waals surface area contributed by atoms with Crippen molar-refractivity contribution in [3.05, 3.63) is 23.8 Å². The van der Waals surface area contributed by atoms with E-state index in [1.807, 2.05) is 0 Å². The summed E-state index contributed by atoms with van der Waals surface area (Å²) in [4.78, 5) is 41.7. The molecule has 0 radical (unpaired) electrons. The predicted molar refractivity (Wildman–Crippen MR) is 138 cm³/mol. The molecule has 9 heteroatoms. The van der Waals surface area contributed by atoms with Crippen molar-refractivity contribution < 1.29 is 34.4 Å². The number of ether oxygens (including phenoxy) is 1. The molecule has 1 aromatic carbocycles. The molecule has 0 spiro atoms. The minimum atomic E-state index is -1.32. The molecule has 5 rings (SSSR count). The number of carbonyl (C=O) groups is 3. The van der Waals surface area contributed by atoms with Gasteiger partial charge < -0.3 is 29.9 Å². The van der Waals surface area contributed by atoms with Crippen LogP contribution in [0.3, 0.4) is 0 Å². The Kier molecular flexibility index (Phi) is 6.86. The summed E-state index contributed by atoms with van der Waals surface area (Å²) >= 11 is 0. The first-order valence-corrected chi connectivity index (χ1v) is 13.9. The molecule has 2 amide bonds. The van der Waals surface area contributed by atoms with E-state index in [1.54, 1.807) is 4.90 Å². The van der Waals surface area contributed by atoms with Crippen LogP contribution in [-0.2, 0) is 25.5 Å². The lowest BCUT2D eigenvalue weighted by atomic mass is 9.88. The SMILES string of the molecule is CC1(C)C2C(CCOC(=O)C3CCCN3C(=O)C3CN(C(=O)C(O)Cc4ccc(O)c(O)c4)C3)CCC21C. The number of phenolic OH excluding ortho intramolecular Hbond substituents is 2. The molecule has 2 saturated carbocycles. The zero-order chi connectivity index (χ0) is 27.4. The van der Waals surface area contributed by atoms with Crippen molar-refractivity contribution in [1.29, 1.82) is 0 Å². The zero-order valence-corrected chi connectivity index (χ0v) is 22.6. The number of fused-ring (bicyclic) bond motifs is 1. The predicted octanol–water partition coefficient (Wildman–Crippen LogP) is 2.46. The summed E-state index contributed by atoms with van der Waals surface area (Å²) < 4.78 is 5.67. The molecular weight excluding hydrogens is 488 g/mol. The molecule has 2 saturated heterocycles. The number of aromatic hydroxyl groups is 2. The number of esters is 1. The van der Waals surface area contributed by atoms with Crippen LogP contribution in [0.4, 0.5) is 0 Å². The number of phenols is 2. The highest BCUT2D eigenvalue weighted by Crippen LogP contribution is 2.78. The standard InChI is InChI=1S/C29H40N2O7/c1-28(2)24-18(8-10-29(24,28)3)9-12-38-27(37)20-5-4-11-31(20)25(35)19-15-30(16-19)26(36)23(34)14-17-6-7-21(32)22(33)13-17/h6-7,13,18-20,23-24,32-34H,4-5,8-12,14-16H2,1-3H3. The number of nitrogens with zero attached hydrogens (tertiary/aromatic N) is 2. The summed E-state index contributed by atoms with van der Waals surface area (Å²) in [5, 5.41) is 29.4. The van der Waals surface area contributed by atoms with E-state index in [0.717, 1.165) is 12.8 Å². The first-order valence-electron chi connectivity index (χ1n) is 13.9. The molecule has 4 aliphatic rings. The topological polar surface area (TPSA) is 128 Å². The van der Waals surface area contributed by atoms with Crippen LogP contribution in [0.25, 0.3) is 0 Å². The fraction of sp³-hybridized carbons (Fsp3) is 0.690. The highest BCUT2D eigenvalue weighted by Gasteiger charge is 2.72. The summed E-state index contributed by atoms with van der Waals surface area (Å²) in [7, 11) is 0. The second-order valence-electron chi connectivity index (χ2n) is 12.5. The highest BCUT2D eigenvalue weighted by molar-refractivity contribution is 5.89. The maximum absolute atomic E-state index is 13.1. The van der Waals surface area contributed by atoms with Gasteiger partial charge >= 0.3 is 5.97 Å². The second kappa shape index (κ2) is 9.74. The second-order valence-corrected chi connectivity index (χ2v) is 12.5. The normalized spacial score (nSPS) is 30.5. The maximum Gasteiger partial charge on any atom is 0.328 e. The van der Waals surface area contributed by atoms with Crippen LogP contribution >= 0.6 is 0 Å². The van der Waals surface area contributed by atoms with Crippen LogP contribution in [0.2, 0.25) is 0 Å². The molecule has 2 aliphatic carbocycles. The summed E-state index contributed by atoms with van der Waals surface area (Å²) in [5.41, 5.74) is 1.31. The van der Waals surface area contributed by atoms with Gasteiger partial charge in [0.25, 0.3) is 5.91 Å².